The Labute approximate surface area is 92.5 Å². The molecule has 4 heteroatoms. The van der Waals surface area contributed by atoms with E-state index < -0.39 is 0 Å². The zero-order chi connectivity index (χ0) is 11.0. The zero-order valence-electron chi connectivity index (χ0n) is 8.61. The van der Waals surface area contributed by atoms with Crippen molar-refractivity contribution >= 4 is 17.7 Å². The van der Waals surface area contributed by atoms with Crippen LogP contribution in [0.4, 0.5) is 4.39 Å². The summed E-state index contributed by atoms with van der Waals surface area (Å²) in [5.74, 6) is -0.150. The molecule has 0 N–H and O–H groups in total. The van der Waals surface area contributed by atoms with Crippen molar-refractivity contribution in [2.24, 2.45) is 0 Å². The molecule has 1 amide bonds. The molecule has 2 rings (SSSR count). The average Bonchev–Trinajstić information content (AvgIpc) is 2.46. The van der Waals surface area contributed by atoms with Gasteiger partial charge in [0.1, 0.15) is 11.2 Å². The van der Waals surface area contributed by atoms with Crippen molar-refractivity contribution in [3.8, 4) is 0 Å². The van der Waals surface area contributed by atoms with Crippen molar-refractivity contribution in [2.75, 3.05) is 7.05 Å². The number of nitrogens with zero attached hydrogens (tertiary/aromatic N) is 1. The fourth-order valence-corrected chi connectivity index (χ4v) is 2.97. The second-order valence-electron chi connectivity index (χ2n) is 3.63. The Hall–Kier alpha value is -1.03. The Morgan fingerprint density at radius 3 is 2.73 bits per heavy atom. The molecule has 1 aromatic carbocycles. The third kappa shape index (κ3) is 1.86. The molecule has 0 saturated carbocycles. The molecular weight excluding hydrogens is 213 g/mol. The number of hydrogen-bond acceptors (Lipinski definition) is 2. The predicted octanol–water partition coefficient (Wildman–Crippen LogP) is 2.42. The van der Waals surface area contributed by atoms with Crippen LogP contribution in [0.3, 0.4) is 0 Å². The van der Waals surface area contributed by atoms with Gasteiger partial charge >= 0.3 is 0 Å². The largest absolute Gasteiger partial charge is 0.329 e. The van der Waals surface area contributed by atoms with Crippen LogP contribution in [0.15, 0.2) is 24.3 Å². The third-order valence-corrected chi connectivity index (χ3v) is 3.97. The van der Waals surface area contributed by atoms with Crippen LogP contribution in [-0.4, -0.2) is 23.1 Å². The Kier molecular flexibility index (Phi) is 2.69. The number of carbonyl (C=O) groups excluding carboxylic acids is 1. The number of amides is 1. The number of thioether (sulfide) groups is 1. The first kappa shape index (κ1) is 10.5. The first-order chi connectivity index (χ1) is 7.09. The molecule has 1 heterocycles. The molecule has 0 radical (unpaired) electrons. The van der Waals surface area contributed by atoms with E-state index in [-0.39, 0.29) is 22.3 Å². The molecule has 0 aromatic heterocycles. The van der Waals surface area contributed by atoms with Crippen LogP contribution < -0.4 is 0 Å². The van der Waals surface area contributed by atoms with Gasteiger partial charge in [-0.05, 0) is 24.6 Å². The summed E-state index contributed by atoms with van der Waals surface area (Å²) < 4.78 is 13.0. The molecule has 0 aliphatic carbocycles. The van der Waals surface area contributed by atoms with Crippen molar-refractivity contribution in [3.63, 3.8) is 0 Å². The number of rotatable bonds is 1. The highest BCUT2D eigenvalue weighted by Crippen LogP contribution is 2.41. The summed E-state index contributed by atoms with van der Waals surface area (Å²) in [4.78, 5) is 13.3. The lowest BCUT2D eigenvalue weighted by Crippen LogP contribution is -2.25. The molecule has 1 aromatic rings. The molecule has 15 heavy (non-hydrogen) atoms. The van der Waals surface area contributed by atoms with Crippen molar-refractivity contribution in [2.45, 2.75) is 17.5 Å². The molecule has 80 valence electrons. The van der Waals surface area contributed by atoms with Gasteiger partial charge in [-0.1, -0.05) is 12.1 Å². The lowest BCUT2D eigenvalue weighted by Gasteiger charge is -2.18. The number of halogens is 1. The van der Waals surface area contributed by atoms with Crippen molar-refractivity contribution in [1.82, 2.24) is 4.90 Å². The van der Waals surface area contributed by atoms with Crippen LogP contribution in [0, 0.1) is 5.82 Å². The Morgan fingerprint density at radius 1 is 1.47 bits per heavy atom. The van der Waals surface area contributed by atoms with E-state index in [4.69, 9.17) is 0 Å². The topological polar surface area (TPSA) is 20.3 Å². The highest BCUT2D eigenvalue weighted by Gasteiger charge is 2.35. The summed E-state index contributed by atoms with van der Waals surface area (Å²) in [6.45, 7) is 1.88. The van der Waals surface area contributed by atoms with Gasteiger partial charge in [0.25, 0.3) is 0 Å². The van der Waals surface area contributed by atoms with Gasteiger partial charge in [0, 0.05) is 7.05 Å². The fourth-order valence-electron chi connectivity index (χ4n) is 1.71. The zero-order valence-corrected chi connectivity index (χ0v) is 9.42. The molecule has 1 fully saturated rings. The summed E-state index contributed by atoms with van der Waals surface area (Å²) in [5, 5.41) is -0.0912. The first-order valence-corrected chi connectivity index (χ1v) is 5.71. The SMILES string of the molecule is C[C@H]1S[C@H](c2cccc(F)c2)N(C)C1=O. The van der Waals surface area contributed by atoms with Crippen molar-refractivity contribution in [1.29, 1.82) is 0 Å². The summed E-state index contributed by atoms with van der Waals surface area (Å²) in [7, 11) is 1.76. The van der Waals surface area contributed by atoms with E-state index in [2.05, 4.69) is 0 Å². The predicted molar refractivity (Wildman–Crippen MR) is 59.0 cm³/mol. The lowest BCUT2D eigenvalue weighted by molar-refractivity contribution is -0.128. The van der Waals surface area contributed by atoms with E-state index in [0.29, 0.717) is 0 Å². The number of benzene rings is 1. The van der Waals surface area contributed by atoms with Crippen molar-refractivity contribution in [3.05, 3.63) is 35.6 Å². The monoisotopic (exact) mass is 225 g/mol. The molecule has 0 unspecified atom stereocenters. The van der Waals surface area contributed by atoms with E-state index in [9.17, 15) is 9.18 Å². The van der Waals surface area contributed by atoms with Gasteiger partial charge in [0.15, 0.2) is 0 Å². The van der Waals surface area contributed by atoms with Crippen LogP contribution >= 0.6 is 11.8 Å². The van der Waals surface area contributed by atoms with Gasteiger partial charge in [-0.15, -0.1) is 11.8 Å². The molecule has 2 atom stereocenters. The molecule has 1 saturated heterocycles. The second kappa shape index (κ2) is 3.85. The first-order valence-electron chi connectivity index (χ1n) is 4.77. The summed E-state index contributed by atoms with van der Waals surface area (Å²) in [5.41, 5.74) is 0.847. The second-order valence-corrected chi connectivity index (χ2v) is 5.06. The van der Waals surface area contributed by atoms with Crippen LogP contribution in [0.2, 0.25) is 0 Å². The number of hydrogen-bond donors (Lipinski definition) is 0. The molecule has 1 aliphatic heterocycles. The highest BCUT2D eigenvalue weighted by molar-refractivity contribution is 8.01. The maximum absolute atomic E-state index is 13.0. The summed E-state index contributed by atoms with van der Waals surface area (Å²) >= 11 is 1.55. The minimum atomic E-state index is -0.256. The molecule has 1 aliphatic rings. The molecule has 2 nitrogen and oxygen atoms in total. The van der Waals surface area contributed by atoms with Gasteiger partial charge in [-0.3, -0.25) is 4.79 Å². The fraction of sp³-hybridized carbons (Fsp3) is 0.364. The van der Waals surface area contributed by atoms with Crippen LogP contribution in [0.25, 0.3) is 0 Å². The van der Waals surface area contributed by atoms with Crippen molar-refractivity contribution < 1.29 is 9.18 Å². The van der Waals surface area contributed by atoms with E-state index >= 15 is 0 Å². The van der Waals surface area contributed by atoms with Gasteiger partial charge in [-0.25, -0.2) is 4.39 Å². The normalized spacial score (nSPS) is 26.1. The van der Waals surface area contributed by atoms with E-state index in [1.165, 1.54) is 12.1 Å². The van der Waals surface area contributed by atoms with Gasteiger partial charge in [-0.2, -0.15) is 0 Å². The maximum atomic E-state index is 13.0. The van der Waals surface area contributed by atoms with Crippen LogP contribution in [-0.2, 0) is 4.79 Å². The number of carbonyl (C=O) groups is 1. The van der Waals surface area contributed by atoms with Crippen LogP contribution in [0.1, 0.15) is 17.9 Å². The lowest BCUT2D eigenvalue weighted by atomic mass is 10.2. The Bertz CT molecular complexity index is 396. The third-order valence-electron chi connectivity index (χ3n) is 2.51. The quantitative estimate of drug-likeness (QED) is 0.731. The minimum Gasteiger partial charge on any atom is -0.329 e. The molecule has 0 bridgehead atoms. The van der Waals surface area contributed by atoms with Gasteiger partial charge in [0.2, 0.25) is 5.91 Å². The smallest absolute Gasteiger partial charge is 0.236 e. The maximum Gasteiger partial charge on any atom is 0.236 e. The van der Waals surface area contributed by atoms with E-state index in [0.717, 1.165) is 5.56 Å². The molecular formula is C11H12FNOS. The Morgan fingerprint density at radius 2 is 2.20 bits per heavy atom. The minimum absolute atomic E-state index is 0.0386. The molecule has 0 spiro atoms. The van der Waals surface area contributed by atoms with E-state index in [1.54, 1.807) is 29.8 Å². The van der Waals surface area contributed by atoms with Crippen LogP contribution in [0.5, 0.6) is 0 Å². The highest BCUT2D eigenvalue weighted by atomic mass is 32.2. The summed E-state index contributed by atoms with van der Waals surface area (Å²) in [6.07, 6.45) is 0. The van der Waals surface area contributed by atoms with Gasteiger partial charge < -0.3 is 4.90 Å². The average molecular weight is 225 g/mol. The van der Waals surface area contributed by atoms with E-state index in [1.807, 2.05) is 13.0 Å². The summed E-state index contributed by atoms with van der Waals surface area (Å²) in [6, 6.07) is 6.42. The standard InChI is InChI=1S/C11H12FNOS/c1-7-10(14)13(2)11(15-7)8-4-3-5-9(12)6-8/h3-7,11H,1-2H3/t7-,11-/m1/s1. The van der Waals surface area contributed by atoms with Gasteiger partial charge in [0.05, 0.1) is 5.25 Å². The Balaban J connectivity index is 2.29.